The average molecular weight is 303 g/mol. The minimum absolute atomic E-state index is 0.0564. The van der Waals surface area contributed by atoms with Crippen LogP contribution in [0.2, 0.25) is 0 Å². The molecule has 1 unspecified atom stereocenters. The van der Waals surface area contributed by atoms with Crippen molar-refractivity contribution < 1.29 is 19.8 Å². The summed E-state index contributed by atoms with van der Waals surface area (Å²) in [6, 6.07) is 2.58. The Balaban J connectivity index is 1.96. The van der Waals surface area contributed by atoms with Crippen LogP contribution in [0.15, 0.2) is 12.1 Å². The van der Waals surface area contributed by atoms with Gasteiger partial charge in [0.05, 0.1) is 8.48 Å². The van der Waals surface area contributed by atoms with Crippen LogP contribution in [-0.2, 0) is 16.6 Å². The van der Waals surface area contributed by atoms with E-state index in [1.54, 1.807) is 12.1 Å². The van der Waals surface area contributed by atoms with Gasteiger partial charge in [-0.05, 0) is 50.3 Å². The predicted octanol–water partition coefficient (Wildman–Crippen LogP) is 1.93. The van der Waals surface area contributed by atoms with Crippen molar-refractivity contribution in [2.75, 3.05) is 20.7 Å². The summed E-state index contributed by atoms with van der Waals surface area (Å²) in [4.78, 5) is 14.8. The number of rotatable bonds is 1. The molecule has 116 valence electrons. The molecular weight excluding hydrogens is 278 g/mol. The quantitative estimate of drug-likeness (QED) is 0.795. The third-order valence-corrected chi connectivity index (χ3v) is 5.69. The summed E-state index contributed by atoms with van der Waals surface area (Å²) in [5.74, 6) is -0.972. The summed E-state index contributed by atoms with van der Waals surface area (Å²) < 4.78 is 47.6. The maximum absolute atomic E-state index is 12.9. The van der Waals surface area contributed by atoms with Gasteiger partial charge in [0.25, 0.3) is 0 Å². The number of Topliss-reactive ketones (excluding diaryl/α,β-unsaturated/α-hetero) is 1. The van der Waals surface area contributed by atoms with E-state index in [9.17, 15) is 6.17 Å². The topological polar surface area (TPSA) is 38.8 Å². The second-order valence-electron chi connectivity index (χ2n) is 6.58. The van der Waals surface area contributed by atoms with E-state index in [1.807, 2.05) is 11.9 Å². The number of carbonyl (C=O) groups excluding carboxylic acids is 1. The van der Waals surface area contributed by atoms with Crippen LogP contribution < -0.4 is 9.47 Å². The zero-order valence-electron chi connectivity index (χ0n) is 16.7. The number of benzene rings is 1. The Kier molecular flexibility index (Phi) is 1.76. The molecule has 0 amide bonds. The number of likely N-dealkylation sites (tertiary alicyclic amines) is 1. The molecule has 2 fully saturated rings. The third kappa shape index (κ3) is 1.27. The number of ketones is 1. The highest BCUT2D eigenvalue weighted by Crippen LogP contribution is 2.62. The first kappa shape index (κ1) is 9.56. The summed E-state index contributed by atoms with van der Waals surface area (Å²) >= 11 is 0. The number of piperidine rings is 1. The van der Waals surface area contributed by atoms with Gasteiger partial charge in [0, 0.05) is 27.6 Å². The van der Waals surface area contributed by atoms with Crippen molar-refractivity contribution in [3.05, 3.63) is 23.3 Å². The molecule has 1 spiro atoms. The van der Waals surface area contributed by atoms with E-state index in [4.69, 9.17) is 13.6 Å². The largest absolute Gasteiger partial charge is 0.493 e. The number of ether oxygens (including phenoxy) is 2. The summed E-state index contributed by atoms with van der Waals surface area (Å²) in [6.07, 6.45) is -2.97. The smallest absolute Gasteiger partial charge is 0.174 e. The Labute approximate surface area is 136 Å². The molecule has 0 aromatic heterocycles. The maximum atomic E-state index is 12.9. The van der Waals surface area contributed by atoms with Crippen molar-refractivity contribution in [3.63, 3.8) is 0 Å². The number of likely N-dealkylation sites (N-methyl/N-ethyl adjacent to an activating group) is 1. The molecule has 1 aromatic carbocycles. The first-order valence-corrected chi connectivity index (χ1v) is 7.80. The van der Waals surface area contributed by atoms with Crippen molar-refractivity contribution in [3.8, 4) is 11.5 Å². The molecule has 1 saturated carbocycles. The third-order valence-electron chi connectivity index (χ3n) is 5.69. The van der Waals surface area contributed by atoms with Crippen LogP contribution in [0.1, 0.15) is 35.9 Å². The van der Waals surface area contributed by atoms with Gasteiger partial charge in [-0.15, -0.1) is 0 Å². The Morgan fingerprint density at radius 2 is 2.41 bits per heavy atom. The molecule has 4 aliphatic rings. The SMILES string of the molecule is [2H]C1([2H])c2ccc(OC)c3c2[C@]24CCN(C)[C@H]1[C@]2([2H])CCC(=O)C4([2H])O3. The number of carbonyl (C=O) groups is 1. The molecular formula is C18H21NO3. The molecule has 1 saturated heterocycles. The summed E-state index contributed by atoms with van der Waals surface area (Å²) in [7, 11) is 3.32. The normalized spacial score (nSPS) is 50.1. The molecule has 4 nitrogen and oxygen atoms in total. The average Bonchev–Trinajstić information content (AvgIpc) is 2.86. The molecule has 4 atom stereocenters. The van der Waals surface area contributed by atoms with Crippen molar-refractivity contribution in [1.29, 1.82) is 0 Å². The lowest BCUT2D eigenvalue weighted by Crippen LogP contribution is -2.65. The van der Waals surface area contributed by atoms with E-state index in [1.165, 1.54) is 7.11 Å². The van der Waals surface area contributed by atoms with Gasteiger partial charge in [-0.2, -0.15) is 0 Å². The van der Waals surface area contributed by atoms with E-state index in [0.29, 0.717) is 29.8 Å². The lowest BCUT2D eigenvalue weighted by molar-refractivity contribution is -0.138. The molecule has 5 rings (SSSR count). The van der Waals surface area contributed by atoms with Crippen LogP contribution >= 0.6 is 0 Å². The van der Waals surface area contributed by atoms with Gasteiger partial charge in [-0.25, -0.2) is 0 Å². The summed E-state index contributed by atoms with van der Waals surface area (Å²) in [5.41, 5.74) is -0.224. The predicted molar refractivity (Wildman–Crippen MR) is 81.6 cm³/mol. The number of hydrogen-bond donors (Lipinski definition) is 0. The van der Waals surface area contributed by atoms with Gasteiger partial charge in [0.15, 0.2) is 23.4 Å². The van der Waals surface area contributed by atoms with Gasteiger partial charge in [0.1, 0.15) is 0 Å². The first-order valence-electron chi connectivity index (χ1n) is 9.80. The fourth-order valence-electron chi connectivity index (χ4n) is 4.70. The van der Waals surface area contributed by atoms with Crippen molar-refractivity contribution >= 4 is 5.78 Å². The van der Waals surface area contributed by atoms with Crippen molar-refractivity contribution in [1.82, 2.24) is 4.90 Å². The Bertz CT molecular complexity index is 861. The summed E-state index contributed by atoms with van der Waals surface area (Å²) in [6.45, 7) is 0.512. The van der Waals surface area contributed by atoms with Gasteiger partial charge in [0.2, 0.25) is 0 Å². The minimum Gasteiger partial charge on any atom is -0.493 e. The highest BCUT2D eigenvalue weighted by molar-refractivity contribution is 5.89. The van der Waals surface area contributed by atoms with Crippen molar-refractivity contribution in [2.24, 2.45) is 5.89 Å². The van der Waals surface area contributed by atoms with Crippen LogP contribution in [-0.4, -0.2) is 43.5 Å². The van der Waals surface area contributed by atoms with Crippen LogP contribution in [0.4, 0.5) is 0 Å². The molecule has 2 aliphatic carbocycles. The summed E-state index contributed by atoms with van der Waals surface area (Å²) in [5, 5.41) is 0. The maximum Gasteiger partial charge on any atom is 0.174 e. The molecule has 2 aliphatic heterocycles. The number of methoxy groups -OCH3 is 1. The molecule has 0 radical (unpaired) electrons. The standard InChI is InChI=1S/C18H21NO3/c1-19-8-7-18-11-4-5-13(20)17(18)22-16-14(21-2)6-3-10(15(16)18)9-12(11)19/h3,6,11-12,17H,4-5,7-9H2,1-2H3/t11-,12+,17?,18-/m0/s1/i9D2,11D,17D. The van der Waals surface area contributed by atoms with E-state index in [0.717, 1.165) is 0 Å². The van der Waals surface area contributed by atoms with Crippen LogP contribution in [0.3, 0.4) is 0 Å². The van der Waals surface area contributed by atoms with E-state index in [2.05, 4.69) is 0 Å². The number of nitrogens with zero attached hydrogens (tertiary/aromatic N) is 1. The lowest BCUT2D eigenvalue weighted by Gasteiger charge is -2.57. The lowest BCUT2D eigenvalue weighted by atomic mass is 9.52. The van der Waals surface area contributed by atoms with E-state index in [-0.39, 0.29) is 24.4 Å². The Morgan fingerprint density at radius 3 is 3.23 bits per heavy atom. The van der Waals surface area contributed by atoms with E-state index < -0.39 is 29.8 Å². The molecule has 2 bridgehead atoms. The van der Waals surface area contributed by atoms with Crippen molar-refractivity contribution in [2.45, 2.75) is 43.2 Å². The number of hydrogen-bond acceptors (Lipinski definition) is 4. The molecule has 0 N–H and O–H groups in total. The van der Waals surface area contributed by atoms with Gasteiger partial charge >= 0.3 is 0 Å². The fourth-order valence-corrected chi connectivity index (χ4v) is 4.70. The second kappa shape index (κ2) is 4.05. The van der Waals surface area contributed by atoms with Crippen LogP contribution in [0.25, 0.3) is 0 Å². The van der Waals surface area contributed by atoms with E-state index >= 15 is 0 Å². The molecule has 1 aromatic rings. The fraction of sp³-hybridized carbons (Fsp3) is 0.611. The van der Waals surface area contributed by atoms with Gasteiger partial charge in [-0.1, -0.05) is 6.07 Å². The monoisotopic (exact) mass is 303 g/mol. The second-order valence-corrected chi connectivity index (χ2v) is 6.58. The first-order chi connectivity index (χ1) is 12.1. The van der Waals surface area contributed by atoms with Crippen LogP contribution in [0.5, 0.6) is 11.5 Å². The Hall–Kier alpha value is -1.55. The highest BCUT2D eigenvalue weighted by Gasteiger charge is 2.65. The zero-order valence-corrected chi connectivity index (χ0v) is 12.7. The molecule has 4 heteroatoms. The zero-order chi connectivity index (χ0) is 18.7. The van der Waals surface area contributed by atoms with Crippen LogP contribution in [0, 0.1) is 5.89 Å². The minimum atomic E-state index is -1.89. The Morgan fingerprint density at radius 1 is 1.55 bits per heavy atom. The molecule has 22 heavy (non-hydrogen) atoms. The molecule has 2 heterocycles. The highest BCUT2D eigenvalue weighted by atomic mass is 16.5. The van der Waals surface area contributed by atoms with Gasteiger partial charge < -0.3 is 14.4 Å². The van der Waals surface area contributed by atoms with Gasteiger partial charge in [-0.3, -0.25) is 4.79 Å².